The number of amides is 2. The van der Waals surface area contributed by atoms with E-state index in [0.717, 1.165) is 10.0 Å². The van der Waals surface area contributed by atoms with Crippen molar-refractivity contribution in [3.8, 4) is 11.6 Å². The van der Waals surface area contributed by atoms with Crippen LogP contribution in [0.4, 0.5) is 0 Å². The van der Waals surface area contributed by atoms with E-state index >= 15 is 0 Å². The Hall–Kier alpha value is -3.19. The van der Waals surface area contributed by atoms with E-state index < -0.39 is 5.91 Å². The standard InChI is InChI=1S/C21H18BrN3O3/c22-17-5-7-18(8-6-17)28-19-9-4-16(13-25-19)21(27)24-11-10-14-2-1-3-15(12-14)20(23)26/h1-9,12-13H,10-11H2,(H2,23,26)(H,24,27). The molecule has 7 heteroatoms. The molecule has 0 fully saturated rings. The molecule has 1 aromatic heterocycles. The summed E-state index contributed by atoms with van der Waals surface area (Å²) in [6, 6.07) is 17.7. The molecule has 0 spiro atoms. The van der Waals surface area contributed by atoms with Gasteiger partial charge in [-0.3, -0.25) is 9.59 Å². The van der Waals surface area contributed by atoms with Crippen LogP contribution < -0.4 is 15.8 Å². The summed E-state index contributed by atoms with van der Waals surface area (Å²) in [7, 11) is 0. The molecule has 142 valence electrons. The number of aromatic nitrogens is 1. The molecule has 0 aliphatic carbocycles. The van der Waals surface area contributed by atoms with Crippen LogP contribution in [-0.4, -0.2) is 23.3 Å². The molecular formula is C21H18BrN3O3. The molecule has 0 bridgehead atoms. The fraction of sp³-hybridized carbons (Fsp3) is 0.0952. The third kappa shape index (κ3) is 5.40. The molecule has 2 aromatic carbocycles. The highest BCUT2D eigenvalue weighted by molar-refractivity contribution is 9.10. The third-order valence-corrected chi connectivity index (χ3v) is 4.47. The largest absolute Gasteiger partial charge is 0.439 e. The summed E-state index contributed by atoms with van der Waals surface area (Å²) < 4.78 is 6.60. The molecule has 0 radical (unpaired) electrons. The fourth-order valence-electron chi connectivity index (χ4n) is 2.50. The monoisotopic (exact) mass is 439 g/mol. The summed E-state index contributed by atoms with van der Waals surface area (Å²) in [5, 5.41) is 2.83. The Morgan fingerprint density at radius 1 is 1.04 bits per heavy atom. The second kappa shape index (κ2) is 9.14. The molecule has 0 unspecified atom stereocenters. The highest BCUT2D eigenvalue weighted by atomic mass is 79.9. The molecule has 2 amide bonds. The molecule has 28 heavy (non-hydrogen) atoms. The van der Waals surface area contributed by atoms with E-state index in [1.807, 2.05) is 30.3 Å². The maximum Gasteiger partial charge on any atom is 0.252 e. The normalized spacial score (nSPS) is 10.3. The number of rotatable bonds is 7. The van der Waals surface area contributed by atoms with Gasteiger partial charge < -0.3 is 15.8 Å². The lowest BCUT2D eigenvalue weighted by Crippen LogP contribution is -2.25. The van der Waals surface area contributed by atoms with Gasteiger partial charge in [0.1, 0.15) is 5.75 Å². The van der Waals surface area contributed by atoms with Crippen LogP contribution in [0.5, 0.6) is 11.6 Å². The molecule has 1 heterocycles. The molecule has 0 saturated carbocycles. The second-order valence-electron chi connectivity index (χ2n) is 6.01. The Balaban J connectivity index is 1.52. The van der Waals surface area contributed by atoms with Crippen LogP contribution in [0.3, 0.4) is 0 Å². The average Bonchev–Trinajstić information content (AvgIpc) is 2.70. The summed E-state index contributed by atoms with van der Waals surface area (Å²) in [5.41, 5.74) is 7.09. The van der Waals surface area contributed by atoms with Crippen molar-refractivity contribution in [1.82, 2.24) is 10.3 Å². The van der Waals surface area contributed by atoms with Crippen molar-refractivity contribution < 1.29 is 14.3 Å². The second-order valence-corrected chi connectivity index (χ2v) is 6.93. The number of ether oxygens (including phenoxy) is 1. The van der Waals surface area contributed by atoms with Crippen LogP contribution in [0.1, 0.15) is 26.3 Å². The van der Waals surface area contributed by atoms with Crippen molar-refractivity contribution in [2.75, 3.05) is 6.54 Å². The van der Waals surface area contributed by atoms with E-state index in [9.17, 15) is 9.59 Å². The van der Waals surface area contributed by atoms with Crippen LogP contribution in [-0.2, 0) is 6.42 Å². The van der Waals surface area contributed by atoms with Gasteiger partial charge in [0.2, 0.25) is 11.8 Å². The van der Waals surface area contributed by atoms with Crippen LogP contribution >= 0.6 is 15.9 Å². The van der Waals surface area contributed by atoms with E-state index in [1.165, 1.54) is 6.20 Å². The number of halogens is 1. The molecule has 0 atom stereocenters. The number of benzene rings is 2. The predicted octanol–water partition coefficient (Wildman–Crippen LogP) is 3.71. The van der Waals surface area contributed by atoms with E-state index in [-0.39, 0.29) is 5.91 Å². The molecule has 6 nitrogen and oxygen atoms in total. The molecule has 0 saturated heterocycles. The zero-order chi connectivity index (χ0) is 19.9. The van der Waals surface area contributed by atoms with Gasteiger partial charge in [0.15, 0.2) is 0 Å². The van der Waals surface area contributed by atoms with Crippen LogP contribution in [0.15, 0.2) is 71.3 Å². The first-order valence-corrected chi connectivity index (χ1v) is 9.37. The molecule has 3 rings (SSSR count). The lowest BCUT2D eigenvalue weighted by atomic mass is 10.1. The highest BCUT2D eigenvalue weighted by Gasteiger charge is 2.07. The molecule has 3 N–H and O–H groups in total. The van der Waals surface area contributed by atoms with Crippen molar-refractivity contribution in [3.63, 3.8) is 0 Å². The van der Waals surface area contributed by atoms with Gasteiger partial charge in [0.25, 0.3) is 5.91 Å². The van der Waals surface area contributed by atoms with Gasteiger partial charge in [-0.1, -0.05) is 28.1 Å². The number of nitrogens with one attached hydrogen (secondary N) is 1. The summed E-state index contributed by atoms with van der Waals surface area (Å²) in [5.74, 6) is 0.365. The third-order valence-electron chi connectivity index (χ3n) is 3.95. The minimum absolute atomic E-state index is 0.228. The SMILES string of the molecule is NC(=O)c1cccc(CCNC(=O)c2ccc(Oc3ccc(Br)cc3)nc2)c1. The van der Waals surface area contributed by atoms with Gasteiger partial charge in [-0.15, -0.1) is 0 Å². The van der Waals surface area contributed by atoms with Crippen molar-refractivity contribution in [2.24, 2.45) is 5.73 Å². The molecule has 0 aliphatic rings. The van der Waals surface area contributed by atoms with Gasteiger partial charge in [0.05, 0.1) is 5.56 Å². The van der Waals surface area contributed by atoms with Crippen molar-refractivity contribution in [2.45, 2.75) is 6.42 Å². The number of nitrogens with zero attached hydrogens (tertiary/aromatic N) is 1. The zero-order valence-electron chi connectivity index (χ0n) is 14.9. The number of primary amides is 1. The van der Waals surface area contributed by atoms with Gasteiger partial charge in [-0.25, -0.2) is 4.98 Å². The predicted molar refractivity (Wildman–Crippen MR) is 109 cm³/mol. The molecule has 0 aliphatic heterocycles. The minimum Gasteiger partial charge on any atom is -0.439 e. The van der Waals surface area contributed by atoms with Crippen LogP contribution in [0.25, 0.3) is 0 Å². The number of hydrogen-bond donors (Lipinski definition) is 2. The van der Waals surface area contributed by atoms with Gasteiger partial charge >= 0.3 is 0 Å². The lowest BCUT2D eigenvalue weighted by Gasteiger charge is -2.08. The van der Waals surface area contributed by atoms with Crippen LogP contribution in [0, 0.1) is 0 Å². The van der Waals surface area contributed by atoms with E-state index in [1.54, 1.807) is 30.3 Å². The number of pyridine rings is 1. The Morgan fingerprint density at radius 2 is 1.82 bits per heavy atom. The number of nitrogens with two attached hydrogens (primary N) is 1. The summed E-state index contributed by atoms with van der Waals surface area (Å²) in [4.78, 5) is 27.6. The maximum absolute atomic E-state index is 12.2. The summed E-state index contributed by atoms with van der Waals surface area (Å²) in [6.07, 6.45) is 2.06. The number of carbonyl (C=O) groups excluding carboxylic acids is 2. The van der Waals surface area contributed by atoms with Crippen molar-refractivity contribution >= 4 is 27.7 Å². The fourth-order valence-corrected chi connectivity index (χ4v) is 2.77. The summed E-state index contributed by atoms with van der Waals surface area (Å²) >= 11 is 3.37. The lowest BCUT2D eigenvalue weighted by molar-refractivity contribution is 0.0952. The van der Waals surface area contributed by atoms with Crippen molar-refractivity contribution in [1.29, 1.82) is 0 Å². The Kier molecular flexibility index (Phi) is 6.39. The van der Waals surface area contributed by atoms with Crippen molar-refractivity contribution in [3.05, 3.63) is 88.0 Å². The number of hydrogen-bond acceptors (Lipinski definition) is 4. The molecular weight excluding hydrogens is 422 g/mol. The maximum atomic E-state index is 12.2. The Bertz CT molecular complexity index is 973. The zero-order valence-corrected chi connectivity index (χ0v) is 16.5. The first-order valence-electron chi connectivity index (χ1n) is 8.58. The first-order chi connectivity index (χ1) is 13.5. The van der Waals surface area contributed by atoms with Gasteiger partial charge in [-0.2, -0.15) is 0 Å². The minimum atomic E-state index is -0.470. The Labute approximate surface area is 170 Å². The summed E-state index contributed by atoms with van der Waals surface area (Å²) in [6.45, 7) is 0.429. The van der Waals surface area contributed by atoms with Gasteiger partial charge in [0, 0.05) is 28.8 Å². The van der Waals surface area contributed by atoms with E-state index in [4.69, 9.17) is 10.5 Å². The Morgan fingerprint density at radius 3 is 2.50 bits per heavy atom. The van der Waals surface area contributed by atoms with Gasteiger partial charge in [-0.05, 0) is 54.4 Å². The topological polar surface area (TPSA) is 94.3 Å². The van der Waals surface area contributed by atoms with E-state index in [0.29, 0.717) is 35.7 Å². The quantitative estimate of drug-likeness (QED) is 0.586. The smallest absolute Gasteiger partial charge is 0.252 e. The molecule has 3 aromatic rings. The van der Waals surface area contributed by atoms with E-state index in [2.05, 4.69) is 26.2 Å². The number of carbonyl (C=O) groups is 2. The van der Waals surface area contributed by atoms with Crippen LogP contribution in [0.2, 0.25) is 0 Å². The highest BCUT2D eigenvalue weighted by Crippen LogP contribution is 2.21. The first kappa shape index (κ1) is 19.6. The average molecular weight is 440 g/mol.